The summed E-state index contributed by atoms with van der Waals surface area (Å²) in [6, 6.07) is 7.17. The molecule has 0 amide bonds. The molecule has 0 radical (unpaired) electrons. The highest BCUT2D eigenvalue weighted by atomic mass is 16.6. The van der Waals surface area contributed by atoms with Gasteiger partial charge < -0.3 is 14.2 Å². The van der Waals surface area contributed by atoms with Gasteiger partial charge in [-0.05, 0) is 37.1 Å². The Labute approximate surface area is 179 Å². The molecule has 1 aliphatic heterocycles. The fourth-order valence-electron chi connectivity index (χ4n) is 3.31. The van der Waals surface area contributed by atoms with Crippen LogP contribution < -0.4 is 9.47 Å². The van der Waals surface area contributed by atoms with Gasteiger partial charge in [0, 0.05) is 5.56 Å². The molecule has 1 aliphatic rings. The highest BCUT2D eigenvalue weighted by Crippen LogP contribution is 2.29. The Hall–Kier alpha value is -2.47. The van der Waals surface area contributed by atoms with Gasteiger partial charge in [-0.1, -0.05) is 52.4 Å². The topological polar surface area (TPSA) is 73.8 Å². The predicted octanol–water partition coefficient (Wildman–Crippen LogP) is 5.36. The second-order valence-corrected chi connectivity index (χ2v) is 7.69. The van der Waals surface area contributed by atoms with Gasteiger partial charge in [-0.15, -0.1) is 0 Å². The number of aromatic nitrogens is 2. The second-order valence-electron chi connectivity index (χ2n) is 7.69. The molecule has 2 heterocycles. The summed E-state index contributed by atoms with van der Waals surface area (Å²) in [6.07, 6.45) is 12.3. The first-order valence-electron chi connectivity index (χ1n) is 11.1. The van der Waals surface area contributed by atoms with Crippen LogP contribution in [0.15, 0.2) is 36.7 Å². The summed E-state index contributed by atoms with van der Waals surface area (Å²) in [7, 11) is 0. The van der Waals surface area contributed by atoms with Crippen LogP contribution in [0.1, 0.15) is 65.2 Å². The third kappa shape index (κ3) is 6.80. The molecule has 2 atom stereocenters. The van der Waals surface area contributed by atoms with Gasteiger partial charge in [0.25, 0.3) is 0 Å². The van der Waals surface area contributed by atoms with E-state index in [-0.39, 0.29) is 12.1 Å². The SMILES string of the molecule is CCCCCCCCOc1cnc(-c2ccc(OC(=O)[C@H]3O[C@H]3CCC)cc2)nc1. The first-order chi connectivity index (χ1) is 14.7. The molecule has 1 fully saturated rings. The predicted molar refractivity (Wildman–Crippen MR) is 116 cm³/mol. The fourth-order valence-corrected chi connectivity index (χ4v) is 3.31. The van der Waals surface area contributed by atoms with Gasteiger partial charge in [0.05, 0.1) is 25.1 Å². The van der Waals surface area contributed by atoms with E-state index in [0.717, 1.165) is 24.8 Å². The summed E-state index contributed by atoms with van der Waals surface area (Å²) in [6.45, 7) is 4.99. The van der Waals surface area contributed by atoms with Crippen LogP contribution in [0.3, 0.4) is 0 Å². The molecule has 0 N–H and O–H groups in total. The summed E-state index contributed by atoms with van der Waals surface area (Å²) in [5.41, 5.74) is 0.851. The van der Waals surface area contributed by atoms with Gasteiger partial charge in [-0.3, -0.25) is 0 Å². The van der Waals surface area contributed by atoms with Crippen molar-refractivity contribution in [2.45, 2.75) is 77.4 Å². The fraction of sp³-hybridized carbons (Fsp3) is 0.542. The van der Waals surface area contributed by atoms with Crippen LogP contribution in [0.2, 0.25) is 0 Å². The third-order valence-corrected chi connectivity index (χ3v) is 5.11. The van der Waals surface area contributed by atoms with Crippen LogP contribution in [0.25, 0.3) is 11.4 Å². The number of rotatable bonds is 13. The first kappa shape index (κ1) is 22.2. The maximum Gasteiger partial charge on any atom is 0.343 e. The zero-order chi connectivity index (χ0) is 21.2. The third-order valence-electron chi connectivity index (χ3n) is 5.11. The highest BCUT2D eigenvalue weighted by Gasteiger charge is 2.45. The van der Waals surface area contributed by atoms with Crippen molar-refractivity contribution in [3.05, 3.63) is 36.7 Å². The standard InChI is InChI=1S/C24H32N2O4/c1-3-5-6-7-8-9-15-28-20-16-25-23(26-17-20)18-11-13-19(14-12-18)29-24(27)22-21(30-22)10-4-2/h11-14,16-17,21-22H,3-10,15H2,1-2H3/t21-,22-/m0/s1. The number of ether oxygens (including phenoxy) is 3. The quantitative estimate of drug-likeness (QED) is 0.191. The van der Waals surface area contributed by atoms with Crippen LogP contribution in [0, 0.1) is 0 Å². The Morgan fingerprint density at radius 3 is 2.33 bits per heavy atom. The van der Waals surface area contributed by atoms with Crippen molar-refractivity contribution >= 4 is 5.97 Å². The molecule has 2 aromatic rings. The number of unbranched alkanes of at least 4 members (excludes halogenated alkanes) is 5. The number of hydrogen-bond donors (Lipinski definition) is 0. The summed E-state index contributed by atoms with van der Waals surface area (Å²) >= 11 is 0. The number of benzene rings is 1. The number of epoxide rings is 1. The zero-order valence-corrected chi connectivity index (χ0v) is 18.0. The van der Waals surface area contributed by atoms with Crippen molar-refractivity contribution in [1.82, 2.24) is 9.97 Å². The van der Waals surface area contributed by atoms with Gasteiger partial charge in [0.2, 0.25) is 0 Å². The van der Waals surface area contributed by atoms with Crippen LogP contribution in [0.4, 0.5) is 0 Å². The van der Waals surface area contributed by atoms with E-state index in [0.29, 0.717) is 23.9 Å². The van der Waals surface area contributed by atoms with Crippen LogP contribution >= 0.6 is 0 Å². The maximum atomic E-state index is 12.0. The second kappa shape index (κ2) is 11.6. The van der Waals surface area contributed by atoms with E-state index in [4.69, 9.17) is 14.2 Å². The molecule has 6 nitrogen and oxygen atoms in total. The Morgan fingerprint density at radius 2 is 1.63 bits per heavy atom. The number of carbonyl (C=O) groups excluding carboxylic acids is 1. The number of hydrogen-bond acceptors (Lipinski definition) is 6. The Morgan fingerprint density at radius 1 is 0.933 bits per heavy atom. The van der Waals surface area contributed by atoms with Gasteiger partial charge in [-0.25, -0.2) is 14.8 Å². The van der Waals surface area contributed by atoms with E-state index in [9.17, 15) is 4.79 Å². The largest absolute Gasteiger partial charge is 0.490 e. The lowest BCUT2D eigenvalue weighted by molar-refractivity contribution is -0.135. The van der Waals surface area contributed by atoms with Crippen molar-refractivity contribution in [3.63, 3.8) is 0 Å². The summed E-state index contributed by atoms with van der Waals surface area (Å²) < 4.78 is 16.5. The van der Waals surface area contributed by atoms with Gasteiger partial charge in [-0.2, -0.15) is 0 Å². The lowest BCUT2D eigenvalue weighted by Crippen LogP contribution is -2.17. The zero-order valence-electron chi connectivity index (χ0n) is 18.0. The minimum absolute atomic E-state index is 0.0111. The molecular formula is C24H32N2O4. The average Bonchev–Trinajstić information content (AvgIpc) is 3.54. The van der Waals surface area contributed by atoms with Gasteiger partial charge in [0.1, 0.15) is 5.75 Å². The van der Waals surface area contributed by atoms with E-state index < -0.39 is 6.10 Å². The molecule has 6 heteroatoms. The number of esters is 1. The molecule has 162 valence electrons. The summed E-state index contributed by atoms with van der Waals surface area (Å²) in [5, 5.41) is 0. The first-order valence-corrected chi connectivity index (χ1v) is 11.1. The molecule has 0 spiro atoms. The normalized spacial score (nSPS) is 17.5. The smallest absolute Gasteiger partial charge is 0.343 e. The van der Waals surface area contributed by atoms with E-state index in [1.807, 2.05) is 12.1 Å². The molecule has 0 aliphatic carbocycles. The van der Waals surface area contributed by atoms with Crippen molar-refractivity contribution in [1.29, 1.82) is 0 Å². The summed E-state index contributed by atoms with van der Waals surface area (Å²) in [4.78, 5) is 20.8. The minimum atomic E-state index is -0.420. The Balaban J connectivity index is 1.42. The molecule has 3 rings (SSSR count). The average molecular weight is 413 g/mol. The number of carbonyl (C=O) groups is 1. The van der Waals surface area contributed by atoms with Gasteiger partial charge in [0.15, 0.2) is 17.7 Å². The molecule has 1 aromatic carbocycles. The molecule has 0 saturated carbocycles. The summed E-state index contributed by atoms with van der Waals surface area (Å²) in [5.74, 6) is 1.45. The molecule has 1 saturated heterocycles. The van der Waals surface area contributed by atoms with E-state index in [2.05, 4.69) is 23.8 Å². The van der Waals surface area contributed by atoms with Crippen molar-refractivity contribution in [2.75, 3.05) is 6.61 Å². The molecule has 0 bridgehead atoms. The molecule has 30 heavy (non-hydrogen) atoms. The molecule has 1 aromatic heterocycles. The van der Waals surface area contributed by atoms with Crippen LogP contribution in [-0.2, 0) is 9.53 Å². The van der Waals surface area contributed by atoms with Gasteiger partial charge >= 0.3 is 5.97 Å². The lowest BCUT2D eigenvalue weighted by Gasteiger charge is -2.07. The van der Waals surface area contributed by atoms with Crippen LogP contribution in [-0.4, -0.2) is 34.8 Å². The Bertz CT molecular complexity index is 777. The highest BCUT2D eigenvalue weighted by molar-refractivity contribution is 5.80. The van der Waals surface area contributed by atoms with E-state index in [1.54, 1.807) is 24.5 Å². The van der Waals surface area contributed by atoms with E-state index >= 15 is 0 Å². The Kier molecular flexibility index (Phi) is 8.63. The molecular weight excluding hydrogens is 380 g/mol. The van der Waals surface area contributed by atoms with Crippen molar-refractivity contribution < 1.29 is 19.0 Å². The lowest BCUT2D eigenvalue weighted by atomic mass is 10.1. The van der Waals surface area contributed by atoms with Crippen LogP contribution in [0.5, 0.6) is 11.5 Å². The molecule has 0 unspecified atom stereocenters. The number of nitrogens with zero attached hydrogens (tertiary/aromatic N) is 2. The van der Waals surface area contributed by atoms with Crippen molar-refractivity contribution in [2.24, 2.45) is 0 Å². The maximum absolute atomic E-state index is 12.0. The van der Waals surface area contributed by atoms with Crippen molar-refractivity contribution in [3.8, 4) is 22.9 Å². The van der Waals surface area contributed by atoms with E-state index in [1.165, 1.54) is 32.1 Å². The minimum Gasteiger partial charge on any atom is -0.490 e. The monoisotopic (exact) mass is 412 g/mol.